The molecule has 2 aromatic rings. The number of carbonyl (C=O) groups is 1. The molecule has 1 unspecified atom stereocenters. The maximum atomic E-state index is 12.0. The van der Waals surface area contributed by atoms with E-state index in [1.165, 1.54) is 0 Å². The predicted molar refractivity (Wildman–Crippen MR) is 89.3 cm³/mol. The molecule has 0 radical (unpaired) electrons. The fourth-order valence-electron chi connectivity index (χ4n) is 2.96. The van der Waals surface area contributed by atoms with Crippen LogP contribution in [-0.4, -0.2) is 49.7 Å². The molecule has 3 rings (SSSR count). The SMILES string of the molecule is CCCN1CC(Nc2nc(C(C)C)nc3c2cnn3C)CC1=O. The summed E-state index contributed by atoms with van der Waals surface area (Å²) in [5.74, 6) is 2.02. The van der Waals surface area contributed by atoms with Crippen molar-refractivity contribution in [3.8, 4) is 0 Å². The minimum absolute atomic E-state index is 0.0902. The van der Waals surface area contributed by atoms with Crippen molar-refractivity contribution in [2.75, 3.05) is 18.4 Å². The van der Waals surface area contributed by atoms with Crippen LogP contribution in [0.5, 0.6) is 0 Å². The second-order valence-corrected chi connectivity index (χ2v) is 6.48. The molecule has 1 saturated heterocycles. The quantitative estimate of drug-likeness (QED) is 0.912. The lowest BCUT2D eigenvalue weighted by atomic mass is 10.2. The van der Waals surface area contributed by atoms with Gasteiger partial charge >= 0.3 is 0 Å². The minimum Gasteiger partial charge on any atom is -0.364 e. The number of aromatic nitrogens is 4. The molecule has 0 aliphatic carbocycles. The van der Waals surface area contributed by atoms with Gasteiger partial charge in [-0.15, -0.1) is 0 Å². The van der Waals surface area contributed by atoms with Gasteiger partial charge in [0.2, 0.25) is 5.91 Å². The topological polar surface area (TPSA) is 75.9 Å². The number of hydrogen-bond acceptors (Lipinski definition) is 5. The first kappa shape index (κ1) is 15.7. The molecule has 1 amide bonds. The highest BCUT2D eigenvalue weighted by molar-refractivity contribution is 5.87. The zero-order valence-electron chi connectivity index (χ0n) is 14.2. The highest BCUT2D eigenvalue weighted by Gasteiger charge is 2.29. The maximum absolute atomic E-state index is 12.0. The molecule has 7 heteroatoms. The van der Waals surface area contributed by atoms with E-state index in [1.54, 1.807) is 10.9 Å². The first-order valence-electron chi connectivity index (χ1n) is 8.23. The third-order valence-electron chi connectivity index (χ3n) is 4.17. The van der Waals surface area contributed by atoms with Crippen LogP contribution in [0.4, 0.5) is 5.82 Å². The molecule has 1 fully saturated rings. The largest absolute Gasteiger partial charge is 0.364 e. The van der Waals surface area contributed by atoms with E-state index < -0.39 is 0 Å². The third-order valence-corrected chi connectivity index (χ3v) is 4.17. The minimum atomic E-state index is 0.0902. The number of rotatable bonds is 5. The van der Waals surface area contributed by atoms with E-state index in [2.05, 4.69) is 41.2 Å². The average Bonchev–Trinajstić information content (AvgIpc) is 3.04. The second-order valence-electron chi connectivity index (χ2n) is 6.48. The number of amides is 1. The molecule has 0 bridgehead atoms. The molecular formula is C16H24N6O. The van der Waals surface area contributed by atoms with E-state index in [-0.39, 0.29) is 17.9 Å². The highest BCUT2D eigenvalue weighted by atomic mass is 16.2. The summed E-state index contributed by atoms with van der Waals surface area (Å²) < 4.78 is 1.76. The Hall–Kier alpha value is -2.18. The number of nitrogens with one attached hydrogen (secondary N) is 1. The summed E-state index contributed by atoms with van der Waals surface area (Å²) in [5.41, 5.74) is 0.820. The van der Waals surface area contributed by atoms with Gasteiger partial charge in [0.25, 0.3) is 0 Å². The van der Waals surface area contributed by atoms with Gasteiger partial charge in [-0.3, -0.25) is 9.48 Å². The van der Waals surface area contributed by atoms with E-state index in [9.17, 15) is 4.79 Å². The summed E-state index contributed by atoms with van der Waals surface area (Å²) in [6.07, 6.45) is 3.28. The van der Waals surface area contributed by atoms with Crippen molar-refractivity contribution >= 4 is 22.8 Å². The molecule has 0 spiro atoms. The molecule has 0 aromatic carbocycles. The van der Waals surface area contributed by atoms with Crippen molar-refractivity contribution in [1.29, 1.82) is 0 Å². The molecule has 3 heterocycles. The molecule has 2 aromatic heterocycles. The molecule has 124 valence electrons. The summed E-state index contributed by atoms with van der Waals surface area (Å²) >= 11 is 0. The summed E-state index contributed by atoms with van der Waals surface area (Å²) in [4.78, 5) is 23.2. The van der Waals surface area contributed by atoms with Gasteiger partial charge in [-0.1, -0.05) is 20.8 Å². The van der Waals surface area contributed by atoms with Gasteiger partial charge < -0.3 is 10.2 Å². The number of aryl methyl sites for hydroxylation is 1. The Kier molecular flexibility index (Phi) is 4.19. The fraction of sp³-hybridized carbons (Fsp3) is 0.625. The van der Waals surface area contributed by atoms with Crippen LogP contribution in [0.2, 0.25) is 0 Å². The zero-order chi connectivity index (χ0) is 16.6. The lowest BCUT2D eigenvalue weighted by Crippen LogP contribution is -2.28. The van der Waals surface area contributed by atoms with E-state index in [1.807, 2.05) is 11.9 Å². The number of likely N-dealkylation sites (tertiary alicyclic amines) is 1. The molecule has 1 aliphatic heterocycles. The summed E-state index contributed by atoms with van der Waals surface area (Å²) in [6.45, 7) is 7.79. The van der Waals surface area contributed by atoms with Crippen molar-refractivity contribution in [2.45, 2.75) is 45.6 Å². The van der Waals surface area contributed by atoms with Gasteiger partial charge in [-0.25, -0.2) is 9.97 Å². The van der Waals surface area contributed by atoms with Gasteiger partial charge in [0, 0.05) is 32.5 Å². The Labute approximate surface area is 136 Å². The van der Waals surface area contributed by atoms with Crippen molar-refractivity contribution < 1.29 is 4.79 Å². The molecular weight excluding hydrogens is 292 g/mol. The standard InChI is InChI=1S/C16H24N6O/c1-5-6-22-9-11(7-13(22)23)18-15-12-8-17-21(4)16(12)20-14(19-15)10(2)3/h8,10-11H,5-7,9H2,1-4H3,(H,18,19,20). The zero-order valence-corrected chi connectivity index (χ0v) is 14.2. The van der Waals surface area contributed by atoms with Gasteiger partial charge in [0.15, 0.2) is 5.65 Å². The van der Waals surface area contributed by atoms with Gasteiger partial charge in [-0.2, -0.15) is 5.10 Å². The van der Waals surface area contributed by atoms with Gasteiger partial charge in [0.1, 0.15) is 11.6 Å². The molecule has 1 N–H and O–H groups in total. The number of nitrogens with zero attached hydrogens (tertiary/aromatic N) is 5. The van der Waals surface area contributed by atoms with Crippen LogP contribution in [0.3, 0.4) is 0 Å². The smallest absolute Gasteiger partial charge is 0.224 e. The number of anilines is 1. The number of hydrogen-bond donors (Lipinski definition) is 1. The predicted octanol–water partition coefficient (Wildman–Crippen LogP) is 1.91. The van der Waals surface area contributed by atoms with E-state index in [4.69, 9.17) is 0 Å². The van der Waals surface area contributed by atoms with Gasteiger partial charge in [-0.05, 0) is 6.42 Å². The average molecular weight is 316 g/mol. The first-order chi connectivity index (χ1) is 11.0. The third kappa shape index (κ3) is 3.00. The second kappa shape index (κ2) is 6.14. The summed E-state index contributed by atoms with van der Waals surface area (Å²) in [5, 5.41) is 8.63. The Morgan fingerprint density at radius 2 is 2.17 bits per heavy atom. The molecule has 0 saturated carbocycles. The molecule has 23 heavy (non-hydrogen) atoms. The Bertz CT molecular complexity index is 723. The monoisotopic (exact) mass is 316 g/mol. The molecule has 7 nitrogen and oxygen atoms in total. The highest BCUT2D eigenvalue weighted by Crippen LogP contribution is 2.25. The van der Waals surface area contributed by atoms with E-state index in [0.29, 0.717) is 6.42 Å². The molecule has 1 atom stereocenters. The van der Waals surface area contributed by atoms with Crippen molar-refractivity contribution in [3.63, 3.8) is 0 Å². The van der Waals surface area contributed by atoms with Crippen LogP contribution >= 0.6 is 0 Å². The van der Waals surface area contributed by atoms with Crippen molar-refractivity contribution in [1.82, 2.24) is 24.6 Å². The van der Waals surface area contributed by atoms with Crippen LogP contribution in [0.25, 0.3) is 11.0 Å². The van der Waals surface area contributed by atoms with Crippen LogP contribution in [0.1, 0.15) is 45.4 Å². The lowest BCUT2D eigenvalue weighted by Gasteiger charge is -2.17. The summed E-state index contributed by atoms with van der Waals surface area (Å²) in [7, 11) is 1.88. The first-order valence-corrected chi connectivity index (χ1v) is 8.23. The lowest BCUT2D eigenvalue weighted by molar-refractivity contribution is -0.127. The van der Waals surface area contributed by atoms with E-state index >= 15 is 0 Å². The van der Waals surface area contributed by atoms with Crippen molar-refractivity contribution in [2.24, 2.45) is 7.05 Å². The van der Waals surface area contributed by atoms with Crippen molar-refractivity contribution in [3.05, 3.63) is 12.0 Å². The van der Waals surface area contributed by atoms with Crippen LogP contribution < -0.4 is 5.32 Å². The normalized spacial score (nSPS) is 18.4. The maximum Gasteiger partial charge on any atom is 0.224 e. The number of carbonyl (C=O) groups excluding carboxylic acids is 1. The van der Waals surface area contributed by atoms with Gasteiger partial charge in [0.05, 0.1) is 17.6 Å². The van der Waals surface area contributed by atoms with Crippen LogP contribution in [-0.2, 0) is 11.8 Å². The Morgan fingerprint density at radius 1 is 1.39 bits per heavy atom. The summed E-state index contributed by atoms with van der Waals surface area (Å²) in [6, 6.07) is 0.0902. The fourth-order valence-corrected chi connectivity index (χ4v) is 2.96. The van der Waals surface area contributed by atoms with E-state index in [0.717, 1.165) is 42.2 Å². The molecule has 1 aliphatic rings. The van der Waals surface area contributed by atoms with Crippen LogP contribution in [0, 0.1) is 0 Å². The Balaban J connectivity index is 1.89. The van der Waals surface area contributed by atoms with Crippen LogP contribution in [0.15, 0.2) is 6.20 Å². The Morgan fingerprint density at radius 3 is 2.87 bits per heavy atom. The number of fused-ring (bicyclic) bond motifs is 1.